The Morgan fingerprint density at radius 3 is 2.80 bits per heavy atom. The van der Waals surface area contributed by atoms with Crippen molar-refractivity contribution in [3.05, 3.63) is 53.6 Å². The minimum Gasteiger partial charge on any atom is -0.103 e. The van der Waals surface area contributed by atoms with Crippen LogP contribution in [-0.2, 0) is 0 Å². The third-order valence-electron chi connectivity index (χ3n) is 3.19. The topological polar surface area (TPSA) is 0 Å². The van der Waals surface area contributed by atoms with E-state index in [0.717, 1.165) is 6.42 Å². The molecule has 0 unspecified atom stereocenters. The molecule has 15 heavy (non-hydrogen) atoms. The zero-order chi connectivity index (χ0) is 10.7. The molecule has 1 aromatic rings. The summed E-state index contributed by atoms with van der Waals surface area (Å²) in [5, 5.41) is 0. The SMILES string of the molecule is C=CCC1=C(c2ccccc2C)CCC1. The van der Waals surface area contributed by atoms with Gasteiger partial charge in [-0.3, -0.25) is 0 Å². The van der Waals surface area contributed by atoms with Gasteiger partial charge in [0.2, 0.25) is 0 Å². The largest absolute Gasteiger partial charge is 0.103 e. The molecule has 1 aromatic carbocycles. The van der Waals surface area contributed by atoms with Gasteiger partial charge >= 0.3 is 0 Å². The summed E-state index contributed by atoms with van der Waals surface area (Å²) in [4.78, 5) is 0. The van der Waals surface area contributed by atoms with Gasteiger partial charge in [0.05, 0.1) is 0 Å². The van der Waals surface area contributed by atoms with Crippen LogP contribution >= 0.6 is 0 Å². The van der Waals surface area contributed by atoms with Crippen molar-refractivity contribution in [3.63, 3.8) is 0 Å². The smallest absolute Gasteiger partial charge is 0.0135 e. The zero-order valence-electron chi connectivity index (χ0n) is 9.42. The second-order valence-electron chi connectivity index (χ2n) is 4.24. The number of aryl methyl sites for hydroxylation is 1. The summed E-state index contributed by atoms with van der Waals surface area (Å²) in [5.41, 5.74) is 6.02. The van der Waals surface area contributed by atoms with Crippen LogP contribution in [0.2, 0.25) is 0 Å². The maximum Gasteiger partial charge on any atom is -0.0135 e. The lowest BCUT2D eigenvalue weighted by molar-refractivity contribution is 0.895. The Morgan fingerprint density at radius 2 is 2.07 bits per heavy atom. The van der Waals surface area contributed by atoms with Crippen LogP contribution in [0.5, 0.6) is 0 Å². The van der Waals surface area contributed by atoms with E-state index in [1.54, 1.807) is 11.1 Å². The minimum absolute atomic E-state index is 1.06. The highest BCUT2D eigenvalue weighted by Gasteiger charge is 2.15. The molecular formula is C15H18. The Balaban J connectivity index is 2.41. The van der Waals surface area contributed by atoms with Gasteiger partial charge in [-0.15, -0.1) is 6.58 Å². The zero-order valence-corrected chi connectivity index (χ0v) is 9.42. The Bertz CT molecular complexity index is 396. The van der Waals surface area contributed by atoms with Crippen molar-refractivity contribution < 1.29 is 0 Å². The summed E-state index contributed by atoms with van der Waals surface area (Å²) >= 11 is 0. The van der Waals surface area contributed by atoms with E-state index in [-0.39, 0.29) is 0 Å². The fourth-order valence-electron chi connectivity index (χ4n) is 2.44. The van der Waals surface area contributed by atoms with Gasteiger partial charge in [-0.25, -0.2) is 0 Å². The second-order valence-corrected chi connectivity index (χ2v) is 4.24. The number of benzene rings is 1. The average molecular weight is 198 g/mol. The quantitative estimate of drug-likeness (QED) is 0.627. The van der Waals surface area contributed by atoms with E-state index < -0.39 is 0 Å². The number of hydrogen-bond acceptors (Lipinski definition) is 0. The van der Waals surface area contributed by atoms with E-state index in [1.807, 2.05) is 6.08 Å². The van der Waals surface area contributed by atoms with Gasteiger partial charge in [0.25, 0.3) is 0 Å². The first-order valence-electron chi connectivity index (χ1n) is 5.70. The molecule has 0 amide bonds. The highest BCUT2D eigenvalue weighted by atomic mass is 14.2. The minimum atomic E-state index is 1.06. The third-order valence-corrected chi connectivity index (χ3v) is 3.19. The third kappa shape index (κ3) is 2.04. The molecular weight excluding hydrogens is 180 g/mol. The van der Waals surface area contributed by atoms with Crippen LogP contribution in [0, 0.1) is 6.92 Å². The van der Waals surface area contributed by atoms with Crippen molar-refractivity contribution >= 4 is 5.57 Å². The summed E-state index contributed by atoms with van der Waals surface area (Å²) in [6.07, 6.45) is 6.90. The summed E-state index contributed by atoms with van der Waals surface area (Å²) in [5.74, 6) is 0. The molecule has 0 heteroatoms. The molecule has 0 aromatic heterocycles. The molecule has 78 valence electrons. The standard InChI is InChI=1S/C15H18/c1-3-7-13-9-6-11-15(13)14-10-5-4-8-12(14)2/h3-5,8,10H,1,6-7,9,11H2,2H3. The predicted octanol–water partition coefficient (Wildman–Crippen LogP) is 4.51. The van der Waals surface area contributed by atoms with Crippen LogP contribution in [0.15, 0.2) is 42.5 Å². The molecule has 0 N–H and O–H groups in total. The van der Waals surface area contributed by atoms with Gasteiger partial charge in [-0.2, -0.15) is 0 Å². The van der Waals surface area contributed by atoms with Crippen LogP contribution < -0.4 is 0 Å². The van der Waals surface area contributed by atoms with Gasteiger partial charge < -0.3 is 0 Å². The van der Waals surface area contributed by atoms with Crippen molar-refractivity contribution in [1.82, 2.24) is 0 Å². The lowest BCUT2D eigenvalue weighted by Gasteiger charge is -2.09. The van der Waals surface area contributed by atoms with E-state index in [1.165, 1.54) is 30.4 Å². The van der Waals surface area contributed by atoms with Gasteiger partial charge in [-0.05, 0) is 49.3 Å². The lowest BCUT2D eigenvalue weighted by atomic mass is 9.96. The highest BCUT2D eigenvalue weighted by molar-refractivity contribution is 5.72. The maximum atomic E-state index is 3.84. The monoisotopic (exact) mass is 198 g/mol. The molecule has 0 spiro atoms. The number of allylic oxidation sites excluding steroid dienone is 3. The molecule has 0 aliphatic heterocycles. The lowest BCUT2D eigenvalue weighted by Crippen LogP contribution is -1.88. The second kappa shape index (κ2) is 4.48. The van der Waals surface area contributed by atoms with E-state index in [2.05, 4.69) is 37.8 Å². The van der Waals surface area contributed by atoms with Crippen molar-refractivity contribution in [1.29, 1.82) is 0 Å². The van der Waals surface area contributed by atoms with Gasteiger partial charge in [0, 0.05) is 0 Å². The normalized spacial score (nSPS) is 15.8. The fourth-order valence-corrected chi connectivity index (χ4v) is 2.44. The first-order chi connectivity index (χ1) is 7.33. The molecule has 0 radical (unpaired) electrons. The van der Waals surface area contributed by atoms with E-state index in [0.29, 0.717) is 0 Å². The summed E-state index contributed by atoms with van der Waals surface area (Å²) in [7, 11) is 0. The molecule has 1 aliphatic rings. The van der Waals surface area contributed by atoms with E-state index in [9.17, 15) is 0 Å². The Kier molecular flexibility index (Phi) is 3.05. The van der Waals surface area contributed by atoms with Crippen LogP contribution in [0.3, 0.4) is 0 Å². The maximum absolute atomic E-state index is 3.84. The molecule has 0 saturated heterocycles. The van der Waals surface area contributed by atoms with Crippen LogP contribution in [0.1, 0.15) is 36.8 Å². The van der Waals surface area contributed by atoms with Crippen molar-refractivity contribution in [2.24, 2.45) is 0 Å². The van der Waals surface area contributed by atoms with Crippen LogP contribution in [0.25, 0.3) is 5.57 Å². The van der Waals surface area contributed by atoms with Crippen LogP contribution in [-0.4, -0.2) is 0 Å². The van der Waals surface area contributed by atoms with Gasteiger partial charge in [-0.1, -0.05) is 35.9 Å². The fraction of sp³-hybridized carbons (Fsp3) is 0.333. The predicted molar refractivity (Wildman–Crippen MR) is 66.8 cm³/mol. The molecule has 0 saturated carbocycles. The summed E-state index contributed by atoms with van der Waals surface area (Å²) in [6.45, 7) is 6.04. The number of rotatable bonds is 3. The molecule has 0 nitrogen and oxygen atoms in total. The molecule has 0 atom stereocenters. The number of hydrogen-bond donors (Lipinski definition) is 0. The molecule has 0 fully saturated rings. The van der Waals surface area contributed by atoms with E-state index >= 15 is 0 Å². The van der Waals surface area contributed by atoms with Crippen molar-refractivity contribution in [2.45, 2.75) is 32.6 Å². The highest BCUT2D eigenvalue weighted by Crippen LogP contribution is 2.36. The Hall–Kier alpha value is -1.30. The molecule has 0 heterocycles. The summed E-state index contributed by atoms with van der Waals surface area (Å²) < 4.78 is 0. The first kappa shape index (κ1) is 10.2. The van der Waals surface area contributed by atoms with Gasteiger partial charge in [0.1, 0.15) is 0 Å². The Labute approximate surface area is 92.3 Å². The molecule has 0 bridgehead atoms. The molecule has 2 rings (SSSR count). The Morgan fingerprint density at radius 1 is 1.27 bits per heavy atom. The summed E-state index contributed by atoms with van der Waals surface area (Å²) in [6, 6.07) is 8.70. The average Bonchev–Trinajstić information content (AvgIpc) is 2.67. The first-order valence-corrected chi connectivity index (χ1v) is 5.70. The van der Waals surface area contributed by atoms with Crippen LogP contribution in [0.4, 0.5) is 0 Å². The molecule has 1 aliphatic carbocycles. The van der Waals surface area contributed by atoms with Gasteiger partial charge in [0.15, 0.2) is 0 Å². The van der Waals surface area contributed by atoms with Crippen molar-refractivity contribution in [3.8, 4) is 0 Å². The van der Waals surface area contributed by atoms with Crippen molar-refractivity contribution in [2.75, 3.05) is 0 Å². The van der Waals surface area contributed by atoms with E-state index in [4.69, 9.17) is 0 Å².